The fraction of sp³-hybridized carbons (Fsp3) is 0.643. The van der Waals surface area contributed by atoms with Gasteiger partial charge >= 0.3 is 0 Å². The number of aromatic nitrogens is 2. The third-order valence-corrected chi connectivity index (χ3v) is 3.60. The molecular formula is C14H22N4O. The molecule has 1 saturated heterocycles. The lowest BCUT2D eigenvalue weighted by Gasteiger charge is -2.26. The Labute approximate surface area is 114 Å². The summed E-state index contributed by atoms with van der Waals surface area (Å²) in [7, 11) is 0. The van der Waals surface area contributed by atoms with Gasteiger partial charge in [-0.25, -0.2) is 9.97 Å². The first-order chi connectivity index (χ1) is 9.01. The molecule has 1 fully saturated rings. The third-order valence-electron chi connectivity index (χ3n) is 3.60. The van der Waals surface area contributed by atoms with Crippen molar-refractivity contribution in [3.05, 3.63) is 17.5 Å². The quantitative estimate of drug-likeness (QED) is 0.829. The molecular weight excluding hydrogens is 240 g/mol. The lowest BCUT2D eigenvalue weighted by molar-refractivity contribution is -0.130. The summed E-state index contributed by atoms with van der Waals surface area (Å²) in [6.07, 6.45) is 0.990. The van der Waals surface area contributed by atoms with Gasteiger partial charge in [0.05, 0.1) is 6.04 Å². The van der Waals surface area contributed by atoms with E-state index in [1.165, 1.54) is 0 Å². The van der Waals surface area contributed by atoms with Gasteiger partial charge in [0, 0.05) is 37.9 Å². The maximum atomic E-state index is 11.6. The van der Waals surface area contributed by atoms with Crippen LogP contribution < -0.4 is 4.90 Å². The van der Waals surface area contributed by atoms with Crippen LogP contribution in [0.3, 0.4) is 0 Å². The van der Waals surface area contributed by atoms with Crippen molar-refractivity contribution in [2.24, 2.45) is 0 Å². The highest BCUT2D eigenvalue weighted by Gasteiger charge is 2.29. The van der Waals surface area contributed by atoms with E-state index < -0.39 is 0 Å². The maximum absolute atomic E-state index is 11.6. The summed E-state index contributed by atoms with van der Waals surface area (Å²) in [6.45, 7) is 10.1. The van der Waals surface area contributed by atoms with Gasteiger partial charge in [-0.15, -0.1) is 0 Å². The van der Waals surface area contributed by atoms with Gasteiger partial charge in [-0.2, -0.15) is 0 Å². The van der Waals surface area contributed by atoms with E-state index in [9.17, 15) is 4.79 Å². The maximum Gasteiger partial charge on any atom is 0.225 e. The van der Waals surface area contributed by atoms with Crippen molar-refractivity contribution in [3.8, 4) is 0 Å². The van der Waals surface area contributed by atoms with Gasteiger partial charge in [0.1, 0.15) is 0 Å². The number of rotatable bonds is 3. The predicted molar refractivity (Wildman–Crippen MR) is 75.2 cm³/mol. The highest BCUT2D eigenvalue weighted by Crippen LogP contribution is 2.20. The smallest absolute Gasteiger partial charge is 0.225 e. The SMILES string of the molecule is CCN(C(C)=O)[C@H]1CCN(c2nc(C)cc(C)n2)C1. The van der Waals surface area contributed by atoms with Crippen molar-refractivity contribution in [1.82, 2.24) is 14.9 Å². The molecule has 5 heteroatoms. The highest BCUT2D eigenvalue weighted by molar-refractivity contribution is 5.73. The minimum atomic E-state index is 0.149. The van der Waals surface area contributed by atoms with Crippen LogP contribution in [0.2, 0.25) is 0 Å². The van der Waals surface area contributed by atoms with Crippen LogP contribution in [0, 0.1) is 13.8 Å². The molecule has 1 aliphatic rings. The minimum Gasteiger partial charge on any atom is -0.339 e. The first-order valence-electron chi connectivity index (χ1n) is 6.85. The number of likely N-dealkylation sites (N-methyl/N-ethyl adjacent to an activating group) is 1. The van der Waals surface area contributed by atoms with Crippen LogP contribution >= 0.6 is 0 Å². The van der Waals surface area contributed by atoms with Crippen molar-refractivity contribution in [1.29, 1.82) is 0 Å². The monoisotopic (exact) mass is 262 g/mol. The topological polar surface area (TPSA) is 49.3 Å². The molecule has 1 atom stereocenters. The molecule has 0 spiro atoms. The van der Waals surface area contributed by atoms with Gasteiger partial charge in [0.2, 0.25) is 11.9 Å². The molecule has 19 heavy (non-hydrogen) atoms. The Bertz CT molecular complexity index is 454. The van der Waals surface area contributed by atoms with Crippen LogP contribution in [0.4, 0.5) is 5.95 Å². The summed E-state index contributed by atoms with van der Waals surface area (Å²) in [5.41, 5.74) is 1.98. The first kappa shape index (κ1) is 13.8. The fourth-order valence-corrected chi connectivity index (χ4v) is 2.76. The van der Waals surface area contributed by atoms with Gasteiger partial charge in [0.25, 0.3) is 0 Å². The van der Waals surface area contributed by atoms with E-state index in [1.807, 2.05) is 31.7 Å². The van der Waals surface area contributed by atoms with Crippen molar-refractivity contribution in [2.75, 3.05) is 24.5 Å². The molecule has 2 rings (SSSR count). The summed E-state index contributed by atoms with van der Waals surface area (Å²) in [6, 6.07) is 2.26. The van der Waals surface area contributed by atoms with Crippen molar-refractivity contribution >= 4 is 11.9 Å². The Morgan fingerprint density at radius 1 is 1.42 bits per heavy atom. The summed E-state index contributed by atoms with van der Waals surface area (Å²) < 4.78 is 0. The molecule has 0 aromatic carbocycles. The number of hydrogen-bond acceptors (Lipinski definition) is 4. The Kier molecular flexibility index (Phi) is 4.02. The molecule has 1 aromatic rings. The molecule has 1 aliphatic heterocycles. The zero-order chi connectivity index (χ0) is 14.0. The molecule has 1 aromatic heterocycles. The lowest BCUT2D eigenvalue weighted by Crippen LogP contribution is -2.40. The number of anilines is 1. The number of nitrogens with zero attached hydrogens (tertiary/aromatic N) is 4. The molecule has 0 radical (unpaired) electrons. The molecule has 0 N–H and O–H groups in total. The van der Waals surface area contributed by atoms with Crippen LogP contribution in [0.15, 0.2) is 6.07 Å². The number of aryl methyl sites for hydroxylation is 2. The highest BCUT2D eigenvalue weighted by atomic mass is 16.2. The van der Waals surface area contributed by atoms with Gasteiger partial charge in [0.15, 0.2) is 0 Å². The summed E-state index contributed by atoms with van der Waals surface area (Å²) in [4.78, 5) is 24.7. The average molecular weight is 262 g/mol. The third kappa shape index (κ3) is 3.03. The van der Waals surface area contributed by atoms with E-state index >= 15 is 0 Å². The molecule has 1 amide bonds. The molecule has 0 unspecified atom stereocenters. The Morgan fingerprint density at radius 2 is 2.05 bits per heavy atom. The second kappa shape index (κ2) is 5.55. The Hall–Kier alpha value is -1.65. The number of hydrogen-bond donors (Lipinski definition) is 0. The van der Waals surface area contributed by atoms with Crippen LogP contribution in [-0.2, 0) is 4.79 Å². The second-order valence-electron chi connectivity index (χ2n) is 5.14. The van der Waals surface area contributed by atoms with Gasteiger partial charge in [-0.05, 0) is 33.3 Å². The number of carbonyl (C=O) groups is 1. The van der Waals surface area contributed by atoms with Gasteiger partial charge < -0.3 is 9.80 Å². The van der Waals surface area contributed by atoms with E-state index in [-0.39, 0.29) is 11.9 Å². The Morgan fingerprint density at radius 3 is 2.58 bits per heavy atom. The summed E-state index contributed by atoms with van der Waals surface area (Å²) in [5.74, 6) is 0.940. The summed E-state index contributed by atoms with van der Waals surface area (Å²) >= 11 is 0. The molecule has 2 heterocycles. The van der Waals surface area contributed by atoms with Crippen molar-refractivity contribution < 1.29 is 4.79 Å². The van der Waals surface area contributed by atoms with Gasteiger partial charge in [-0.3, -0.25) is 4.79 Å². The van der Waals surface area contributed by atoms with E-state index in [1.54, 1.807) is 6.92 Å². The van der Waals surface area contributed by atoms with E-state index in [0.717, 1.165) is 43.4 Å². The number of amides is 1. The standard InChI is InChI=1S/C14H22N4O/c1-5-18(12(4)19)13-6-7-17(9-13)14-15-10(2)8-11(3)16-14/h8,13H,5-7,9H2,1-4H3/t13-/m0/s1. The van der Waals surface area contributed by atoms with E-state index in [0.29, 0.717) is 0 Å². The molecule has 104 valence electrons. The zero-order valence-corrected chi connectivity index (χ0v) is 12.2. The number of carbonyl (C=O) groups excluding carboxylic acids is 1. The predicted octanol–water partition coefficient (Wildman–Crippen LogP) is 1.54. The zero-order valence-electron chi connectivity index (χ0n) is 12.2. The van der Waals surface area contributed by atoms with Crippen LogP contribution in [0.1, 0.15) is 31.7 Å². The fourth-order valence-electron chi connectivity index (χ4n) is 2.76. The lowest BCUT2D eigenvalue weighted by atomic mass is 10.2. The van der Waals surface area contributed by atoms with Crippen LogP contribution in [-0.4, -0.2) is 46.5 Å². The minimum absolute atomic E-state index is 0.149. The molecule has 0 saturated carbocycles. The second-order valence-corrected chi connectivity index (χ2v) is 5.14. The van der Waals surface area contributed by atoms with Crippen molar-refractivity contribution in [3.63, 3.8) is 0 Å². The van der Waals surface area contributed by atoms with E-state index in [4.69, 9.17) is 0 Å². The van der Waals surface area contributed by atoms with Crippen LogP contribution in [0.25, 0.3) is 0 Å². The molecule has 0 aliphatic carbocycles. The Balaban J connectivity index is 2.11. The first-order valence-corrected chi connectivity index (χ1v) is 6.85. The molecule has 5 nitrogen and oxygen atoms in total. The van der Waals surface area contributed by atoms with Gasteiger partial charge in [-0.1, -0.05) is 0 Å². The van der Waals surface area contributed by atoms with Crippen molar-refractivity contribution in [2.45, 2.75) is 40.2 Å². The molecule has 0 bridgehead atoms. The normalized spacial score (nSPS) is 18.7. The average Bonchev–Trinajstić information content (AvgIpc) is 2.77. The largest absolute Gasteiger partial charge is 0.339 e. The van der Waals surface area contributed by atoms with Crippen LogP contribution in [0.5, 0.6) is 0 Å². The summed E-state index contributed by atoms with van der Waals surface area (Å²) in [5, 5.41) is 0. The van der Waals surface area contributed by atoms with E-state index in [2.05, 4.69) is 14.9 Å².